The van der Waals surface area contributed by atoms with Crippen molar-refractivity contribution in [3.63, 3.8) is 0 Å². The second-order valence-corrected chi connectivity index (χ2v) is 7.83. The van der Waals surface area contributed by atoms with Crippen LogP contribution in [0, 0.1) is 17.3 Å². The lowest BCUT2D eigenvalue weighted by molar-refractivity contribution is -0.140. The van der Waals surface area contributed by atoms with Crippen LogP contribution in [-0.2, 0) is 16.1 Å². The second-order valence-electron chi connectivity index (χ2n) is 7.83. The SMILES string of the molecule is CN(Cc1ccccc1)C(=O)c1ccc(NC(=O)[C@H]2[C@H](C(=O)O)C2(C)C)cc1. The highest BCUT2D eigenvalue weighted by molar-refractivity contribution is 6.00. The van der Waals surface area contributed by atoms with Crippen LogP contribution in [0.2, 0.25) is 0 Å². The molecule has 6 nitrogen and oxygen atoms in total. The van der Waals surface area contributed by atoms with Crippen LogP contribution in [0.3, 0.4) is 0 Å². The number of carbonyl (C=O) groups is 3. The number of carboxylic acid groups (broad SMARTS) is 1. The van der Waals surface area contributed by atoms with Crippen LogP contribution >= 0.6 is 0 Å². The van der Waals surface area contributed by atoms with E-state index in [-0.39, 0.29) is 11.8 Å². The second kappa shape index (κ2) is 7.46. The molecule has 1 aliphatic rings. The maximum atomic E-state index is 12.6. The molecule has 0 spiro atoms. The van der Waals surface area contributed by atoms with Crippen molar-refractivity contribution in [2.24, 2.45) is 17.3 Å². The molecule has 2 aromatic carbocycles. The van der Waals surface area contributed by atoms with E-state index in [1.54, 1.807) is 50.1 Å². The summed E-state index contributed by atoms with van der Waals surface area (Å²) in [5.74, 6) is -2.59. The average molecular weight is 380 g/mol. The Morgan fingerprint density at radius 3 is 2.14 bits per heavy atom. The van der Waals surface area contributed by atoms with E-state index in [0.717, 1.165) is 5.56 Å². The zero-order valence-corrected chi connectivity index (χ0v) is 16.2. The molecule has 0 saturated heterocycles. The first kappa shape index (κ1) is 19.6. The quantitative estimate of drug-likeness (QED) is 0.805. The normalized spacial score (nSPS) is 19.5. The summed E-state index contributed by atoms with van der Waals surface area (Å²) in [6, 6.07) is 16.4. The molecule has 1 saturated carbocycles. The summed E-state index contributed by atoms with van der Waals surface area (Å²) in [7, 11) is 1.74. The topological polar surface area (TPSA) is 86.7 Å². The molecule has 6 heteroatoms. The van der Waals surface area contributed by atoms with Gasteiger partial charge in [0.05, 0.1) is 11.8 Å². The third-order valence-corrected chi connectivity index (χ3v) is 5.38. The number of aliphatic carboxylic acids is 1. The Labute approximate surface area is 164 Å². The molecule has 1 aliphatic carbocycles. The summed E-state index contributed by atoms with van der Waals surface area (Å²) in [6.45, 7) is 4.06. The maximum absolute atomic E-state index is 12.6. The van der Waals surface area contributed by atoms with Crippen LogP contribution in [0.15, 0.2) is 54.6 Å². The van der Waals surface area contributed by atoms with Gasteiger partial charge < -0.3 is 15.3 Å². The van der Waals surface area contributed by atoms with Gasteiger partial charge in [0.2, 0.25) is 5.91 Å². The molecule has 3 rings (SSSR count). The van der Waals surface area contributed by atoms with Crippen molar-refractivity contribution < 1.29 is 19.5 Å². The Hall–Kier alpha value is -3.15. The Bertz CT molecular complexity index is 891. The first-order chi connectivity index (χ1) is 13.2. The summed E-state index contributed by atoms with van der Waals surface area (Å²) in [5, 5.41) is 12.0. The minimum atomic E-state index is -0.951. The predicted octanol–water partition coefficient (Wildman–Crippen LogP) is 3.25. The fourth-order valence-electron chi connectivity index (χ4n) is 3.65. The van der Waals surface area contributed by atoms with E-state index in [9.17, 15) is 19.5 Å². The fraction of sp³-hybridized carbons (Fsp3) is 0.318. The molecule has 2 N–H and O–H groups in total. The monoisotopic (exact) mass is 380 g/mol. The van der Waals surface area contributed by atoms with Crippen LogP contribution in [0.1, 0.15) is 29.8 Å². The number of nitrogens with zero attached hydrogens (tertiary/aromatic N) is 1. The highest BCUT2D eigenvalue weighted by Crippen LogP contribution is 2.58. The zero-order chi connectivity index (χ0) is 20.5. The lowest BCUT2D eigenvalue weighted by Crippen LogP contribution is -2.26. The molecular weight excluding hydrogens is 356 g/mol. The summed E-state index contributed by atoms with van der Waals surface area (Å²) in [5.41, 5.74) is 1.55. The third-order valence-electron chi connectivity index (χ3n) is 5.38. The van der Waals surface area contributed by atoms with Gasteiger partial charge in [0.1, 0.15) is 0 Å². The smallest absolute Gasteiger partial charge is 0.307 e. The van der Waals surface area contributed by atoms with E-state index in [1.807, 2.05) is 30.3 Å². The number of carbonyl (C=O) groups excluding carboxylic acids is 2. The first-order valence-electron chi connectivity index (χ1n) is 9.15. The van der Waals surface area contributed by atoms with Gasteiger partial charge in [-0.05, 0) is 35.2 Å². The van der Waals surface area contributed by atoms with Crippen molar-refractivity contribution in [3.8, 4) is 0 Å². The van der Waals surface area contributed by atoms with Gasteiger partial charge in [-0.1, -0.05) is 44.2 Å². The van der Waals surface area contributed by atoms with Gasteiger partial charge in [0.15, 0.2) is 0 Å². The van der Waals surface area contributed by atoms with E-state index in [2.05, 4.69) is 5.32 Å². The summed E-state index contributed by atoms with van der Waals surface area (Å²) >= 11 is 0. The standard InChI is InChI=1S/C22H24N2O4/c1-22(2)17(18(22)21(27)28)19(25)23-16-11-9-15(10-12-16)20(26)24(3)13-14-7-5-4-6-8-14/h4-12,17-18H,13H2,1-3H3,(H,23,25)(H,27,28)/t17-,18-/m1/s1. The summed E-state index contributed by atoms with van der Waals surface area (Å²) in [6.07, 6.45) is 0. The number of hydrogen-bond acceptors (Lipinski definition) is 3. The third kappa shape index (κ3) is 3.91. The van der Waals surface area contributed by atoms with Crippen molar-refractivity contribution in [2.75, 3.05) is 12.4 Å². The van der Waals surface area contributed by atoms with E-state index in [0.29, 0.717) is 17.8 Å². The molecule has 2 aromatic rings. The van der Waals surface area contributed by atoms with E-state index in [1.165, 1.54) is 0 Å². The van der Waals surface area contributed by atoms with Crippen molar-refractivity contribution in [1.82, 2.24) is 4.90 Å². The maximum Gasteiger partial charge on any atom is 0.307 e. The van der Waals surface area contributed by atoms with E-state index >= 15 is 0 Å². The number of benzene rings is 2. The lowest BCUT2D eigenvalue weighted by atomic mass is 10.1. The molecule has 0 aliphatic heterocycles. The fourth-order valence-corrected chi connectivity index (χ4v) is 3.65. The Kier molecular flexibility index (Phi) is 5.23. The van der Waals surface area contributed by atoms with Crippen LogP contribution in [0.4, 0.5) is 5.69 Å². The van der Waals surface area contributed by atoms with E-state index in [4.69, 9.17) is 0 Å². The number of amides is 2. The average Bonchev–Trinajstić information content (AvgIpc) is 3.25. The summed E-state index contributed by atoms with van der Waals surface area (Å²) < 4.78 is 0. The Balaban J connectivity index is 1.61. The largest absolute Gasteiger partial charge is 0.481 e. The molecule has 146 valence electrons. The molecule has 0 radical (unpaired) electrons. The zero-order valence-electron chi connectivity index (χ0n) is 16.2. The van der Waals surface area contributed by atoms with Gasteiger partial charge in [-0.2, -0.15) is 0 Å². The number of carboxylic acids is 1. The van der Waals surface area contributed by atoms with Crippen molar-refractivity contribution in [3.05, 3.63) is 65.7 Å². The van der Waals surface area contributed by atoms with Gasteiger partial charge >= 0.3 is 5.97 Å². The van der Waals surface area contributed by atoms with Gasteiger partial charge in [0.25, 0.3) is 5.91 Å². The highest BCUT2D eigenvalue weighted by Gasteiger charge is 2.65. The predicted molar refractivity (Wildman–Crippen MR) is 106 cm³/mol. The Morgan fingerprint density at radius 2 is 1.61 bits per heavy atom. The van der Waals surface area contributed by atoms with Gasteiger partial charge in [-0.15, -0.1) is 0 Å². The minimum absolute atomic E-state index is 0.115. The van der Waals surface area contributed by atoms with Crippen molar-refractivity contribution in [2.45, 2.75) is 20.4 Å². The molecule has 0 aromatic heterocycles. The summed E-state index contributed by atoms with van der Waals surface area (Å²) in [4.78, 5) is 37.8. The number of anilines is 1. The van der Waals surface area contributed by atoms with Gasteiger partial charge in [-0.3, -0.25) is 14.4 Å². The molecule has 2 amide bonds. The molecule has 2 atom stereocenters. The van der Waals surface area contributed by atoms with Crippen molar-refractivity contribution >= 4 is 23.5 Å². The number of nitrogens with one attached hydrogen (secondary N) is 1. The van der Waals surface area contributed by atoms with Crippen LogP contribution in [0.5, 0.6) is 0 Å². The molecule has 0 unspecified atom stereocenters. The van der Waals surface area contributed by atoms with Gasteiger partial charge in [0, 0.05) is 24.8 Å². The molecular formula is C22H24N2O4. The minimum Gasteiger partial charge on any atom is -0.481 e. The Morgan fingerprint density at radius 1 is 1.00 bits per heavy atom. The first-order valence-corrected chi connectivity index (χ1v) is 9.15. The van der Waals surface area contributed by atoms with Crippen LogP contribution in [0.25, 0.3) is 0 Å². The van der Waals surface area contributed by atoms with Crippen LogP contribution < -0.4 is 5.32 Å². The number of hydrogen-bond donors (Lipinski definition) is 2. The van der Waals surface area contributed by atoms with Crippen LogP contribution in [-0.4, -0.2) is 34.8 Å². The molecule has 1 fully saturated rings. The molecule has 28 heavy (non-hydrogen) atoms. The van der Waals surface area contributed by atoms with E-state index < -0.39 is 23.2 Å². The number of rotatable bonds is 6. The van der Waals surface area contributed by atoms with Gasteiger partial charge in [-0.25, -0.2) is 0 Å². The lowest BCUT2D eigenvalue weighted by Gasteiger charge is -2.17. The molecule has 0 heterocycles. The molecule has 0 bridgehead atoms. The van der Waals surface area contributed by atoms with Crippen molar-refractivity contribution in [1.29, 1.82) is 0 Å². The highest BCUT2D eigenvalue weighted by atomic mass is 16.4.